The van der Waals surface area contributed by atoms with Crippen LogP contribution in [0.4, 0.5) is 0 Å². The Morgan fingerprint density at radius 3 is 2.41 bits per heavy atom. The summed E-state index contributed by atoms with van der Waals surface area (Å²) in [5.74, 6) is 0. The average Bonchev–Trinajstić information content (AvgIpc) is 3.29. The molecule has 0 unspecified atom stereocenters. The number of nitrogens with one attached hydrogen (secondary N) is 2. The van der Waals surface area contributed by atoms with Crippen LogP contribution in [0.15, 0.2) is 18.3 Å². The van der Waals surface area contributed by atoms with Crippen molar-refractivity contribution in [3.8, 4) is 0 Å². The van der Waals surface area contributed by atoms with Crippen molar-refractivity contribution in [3.63, 3.8) is 0 Å². The molecule has 0 radical (unpaired) electrons. The molecule has 0 aromatic carbocycles. The first kappa shape index (κ1) is 15.9. The molecular formula is C16H25N3O2S. The van der Waals surface area contributed by atoms with Crippen LogP contribution in [0.5, 0.6) is 0 Å². The fraction of sp³-hybridized carbons (Fsp3) is 0.688. The van der Waals surface area contributed by atoms with Crippen molar-refractivity contribution in [2.24, 2.45) is 0 Å². The normalized spacial score (nSPS) is 20.9. The molecule has 0 spiro atoms. The molecule has 2 aliphatic carbocycles. The number of pyridine rings is 1. The van der Waals surface area contributed by atoms with Gasteiger partial charge >= 0.3 is 0 Å². The lowest BCUT2D eigenvalue weighted by Crippen LogP contribution is -2.44. The van der Waals surface area contributed by atoms with E-state index in [0.717, 1.165) is 36.9 Å². The van der Waals surface area contributed by atoms with E-state index in [1.807, 2.05) is 12.1 Å². The van der Waals surface area contributed by atoms with E-state index in [1.54, 1.807) is 6.20 Å². The Kier molecular flexibility index (Phi) is 3.82. The third-order valence-electron chi connectivity index (χ3n) is 4.12. The molecule has 0 bridgehead atoms. The van der Waals surface area contributed by atoms with Gasteiger partial charge in [-0.25, -0.2) is 13.1 Å². The van der Waals surface area contributed by atoms with E-state index in [2.05, 4.69) is 35.8 Å². The van der Waals surface area contributed by atoms with Gasteiger partial charge < -0.3 is 5.32 Å². The van der Waals surface area contributed by atoms with Gasteiger partial charge in [-0.05, 0) is 58.1 Å². The molecule has 1 heterocycles. The van der Waals surface area contributed by atoms with Gasteiger partial charge in [0, 0.05) is 18.3 Å². The first-order valence-electron chi connectivity index (χ1n) is 7.94. The summed E-state index contributed by atoms with van der Waals surface area (Å²) in [6.45, 7) is 6.81. The Labute approximate surface area is 133 Å². The van der Waals surface area contributed by atoms with E-state index in [-0.39, 0.29) is 16.3 Å². The summed E-state index contributed by atoms with van der Waals surface area (Å²) in [6.07, 6.45) is 5.56. The largest absolute Gasteiger partial charge is 0.301 e. The molecule has 0 saturated heterocycles. The highest BCUT2D eigenvalue weighted by atomic mass is 32.2. The van der Waals surface area contributed by atoms with Crippen LogP contribution in [0.2, 0.25) is 0 Å². The van der Waals surface area contributed by atoms with Gasteiger partial charge in [-0.15, -0.1) is 0 Å². The van der Waals surface area contributed by atoms with Crippen molar-refractivity contribution in [3.05, 3.63) is 29.6 Å². The van der Waals surface area contributed by atoms with Crippen LogP contribution in [-0.4, -0.2) is 24.2 Å². The molecule has 22 heavy (non-hydrogen) atoms. The first-order valence-corrected chi connectivity index (χ1v) is 9.48. The minimum Gasteiger partial charge on any atom is -0.301 e. The lowest BCUT2D eigenvalue weighted by Gasteiger charge is -2.28. The fourth-order valence-corrected chi connectivity index (χ4v) is 4.14. The number of sulfonamides is 1. The molecule has 1 aromatic rings. The zero-order valence-electron chi connectivity index (χ0n) is 13.5. The highest BCUT2D eigenvalue weighted by molar-refractivity contribution is 7.90. The number of aromatic nitrogens is 1. The van der Waals surface area contributed by atoms with Crippen LogP contribution < -0.4 is 10.0 Å². The zero-order chi connectivity index (χ0) is 16.0. The highest BCUT2D eigenvalue weighted by Gasteiger charge is 2.47. The van der Waals surface area contributed by atoms with Gasteiger partial charge in [0.25, 0.3) is 0 Å². The van der Waals surface area contributed by atoms with Crippen molar-refractivity contribution < 1.29 is 8.42 Å². The maximum absolute atomic E-state index is 11.8. The summed E-state index contributed by atoms with van der Waals surface area (Å²) >= 11 is 0. The average molecular weight is 323 g/mol. The van der Waals surface area contributed by atoms with Crippen LogP contribution in [0, 0.1) is 0 Å². The van der Waals surface area contributed by atoms with Crippen LogP contribution >= 0.6 is 0 Å². The van der Waals surface area contributed by atoms with Crippen molar-refractivity contribution in [2.75, 3.05) is 0 Å². The van der Waals surface area contributed by atoms with Crippen LogP contribution in [0.1, 0.15) is 57.7 Å². The lowest BCUT2D eigenvalue weighted by atomic mass is 10.0. The minimum atomic E-state index is -3.13. The topological polar surface area (TPSA) is 71.1 Å². The quantitative estimate of drug-likeness (QED) is 0.840. The van der Waals surface area contributed by atoms with Gasteiger partial charge in [0.1, 0.15) is 0 Å². The smallest absolute Gasteiger partial charge is 0.214 e. The van der Waals surface area contributed by atoms with Crippen molar-refractivity contribution in [1.82, 2.24) is 15.0 Å². The minimum absolute atomic E-state index is 0.00426. The standard InChI is InChI=1S/C16H25N3O2S/c1-15(2,3)19-16(8-9-16)14-7-4-12(10-17-14)11-18-22(20,21)13-5-6-13/h4,7,10,13,18-19H,5-6,8-9,11H2,1-3H3. The van der Waals surface area contributed by atoms with Crippen molar-refractivity contribution in [2.45, 2.75) is 69.3 Å². The molecule has 2 aliphatic rings. The third kappa shape index (κ3) is 3.67. The molecular weight excluding hydrogens is 298 g/mol. The zero-order valence-corrected chi connectivity index (χ0v) is 14.3. The Morgan fingerprint density at radius 1 is 1.27 bits per heavy atom. The Balaban J connectivity index is 1.63. The van der Waals surface area contributed by atoms with E-state index >= 15 is 0 Å². The summed E-state index contributed by atoms with van der Waals surface area (Å²) in [5, 5.41) is 3.47. The van der Waals surface area contributed by atoms with Gasteiger partial charge in [0.05, 0.1) is 16.5 Å². The second-order valence-electron chi connectivity index (χ2n) is 7.57. The monoisotopic (exact) mass is 323 g/mol. The van der Waals surface area contributed by atoms with E-state index in [9.17, 15) is 8.42 Å². The van der Waals surface area contributed by atoms with Crippen molar-refractivity contribution >= 4 is 10.0 Å². The van der Waals surface area contributed by atoms with Crippen LogP contribution in [0.3, 0.4) is 0 Å². The van der Waals surface area contributed by atoms with Gasteiger partial charge in [-0.3, -0.25) is 4.98 Å². The SMILES string of the molecule is CC(C)(C)NC1(c2ccc(CNS(=O)(=O)C3CC3)cn2)CC1. The molecule has 2 saturated carbocycles. The number of nitrogens with zero attached hydrogens (tertiary/aromatic N) is 1. The maximum atomic E-state index is 11.8. The van der Waals surface area contributed by atoms with Gasteiger partial charge in [0.2, 0.25) is 10.0 Å². The molecule has 6 heteroatoms. The highest BCUT2D eigenvalue weighted by Crippen LogP contribution is 2.45. The number of rotatable bonds is 6. The summed E-state index contributed by atoms with van der Waals surface area (Å²) in [6, 6.07) is 3.99. The molecule has 3 rings (SSSR count). The van der Waals surface area contributed by atoms with Gasteiger partial charge in [-0.1, -0.05) is 6.07 Å². The van der Waals surface area contributed by atoms with E-state index < -0.39 is 10.0 Å². The van der Waals surface area contributed by atoms with E-state index in [0.29, 0.717) is 6.54 Å². The Morgan fingerprint density at radius 2 is 1.95 bits per heavy atom. The predicted molar refractivity (Wildman–Crippen MR) is 86.8 cm³/mol. The number of hydrogen-bond acceptors (Lipinski definition) is 4. The molecule has 2 fully saturated rings. The number of hydrogen-bond donors (Lipinski definition) is 2. The van der Waals surface area contributed by atoms with Gasteiger partial charge in [-0.2, -0.15) is 0 Å². The molecule has 2 N–H and O–H groups in total. The molecule has 122 valence electrons. The second-order valence-corrected chi connectivity index (χ2v) is 9.62. The van der Waals surface area contributed by atoms with E-state index in [4.69, 9.17) is 0 Å². The first-order chi connectivity index (χ1) is 10.2. The fourth-order valence-electron chi connectivity index (χ4n) is 2.78. The van der Waals surface area contributed by atoms with E-state index in [1.165, 1.54) is 0 Å². The van der Waals surface area contributed by atoms with Gasteiger partial charge in [0.15, 0.2) is 0 Å². The van der Waals surface area contributed by atoms with Crippen LogP contribution in [-0.2, 0) is 22.1 Å². The lowest BCUT2D eigenvalue weighted by molar-refractivity contribution is 0.344. The Bertz CT molecular complexity index is 639. The maximum Gasteiger partial charge on any atom is 0.214 e. The Hall–Kier alpha value is -0.980. The summed E-state index contributed by atoms with van der Waals surface area (Å²) in [7, 11) is -3.13. The predicted octanol–water partition coefficient (Wildman–Crippen LogP) is 2.04. The summed E-state index contributed by atoms with van der Waals surface area (Å²) in [4.78, 5) is 4.56. The molecule has 0 amide bonds. The summed E-state index contributed by atoms with van der Waals surface area (Å²) in [5.41, 5.74) is 2.01. The third-order valence-corrected chi connectivity index (χ3v) is 6.02. The van der Waals surface area contributed by atoms with Crippen molar-refractivity contribution in [1.29, 1.82) is 0 Å². The molecule has 5 nitrogen and oxygen atoms in total. The van der Waals surface area contributed by atoms with Crippen LogP contribution in [0.25, 0.3) is 0 Å². The summed E-state index contributed by atoms with van der Waals surface area (Å²) < 4.78 is 26.3. The molecule has 0 atom stereocenters. The molecule has 1 aromatic heterocycles. The second kappa shape index (κ2) is 5.28. The molecule has 0 aliphatic heterocycles.